The average Bonchev–Trinajstić information content (AvgIpc) is 2.90. The predicted octanol–water partition coefficient (Wildman–Crippen LogP) is 6.13. The third kappa shape index (κ3) is 12.4. The number of aryl methyl sites for hydroxylation is 2. The number of carbonyl (C=O) groups is 2. The van der Waals surface area contributed by atoms with Crippen LogP contribution < -0.4 is 15.4 Å². The van der Waals surface area contributed by atoms with Crippen molar-refractivity contribution in [2.45, 2.75) is 73.3 Å². The summed E-state index contributed by atoms with van der Waals surface area (Å²) < 4.78 is 5.83. The van der Waals surface area contributed by atoms with E-state index in [0.29, 0.717) is 50.8 Å². The molecule has 0 aliphatic rings. The Morgan fingerprint density at radius 1 is 1.05 bits per heavy atom. The molecule has 0 saturated heterocycles. The Morgan fingerprint density at radius 3 is 2.49 bits per heavy atom. The minimum Gasteiger partial charge on any atom is -0.504 e. The molecule has 0 heterocycles. The van der Waals surface area contributed by atoms with Gasteiger partial charge in [-0.2, -0.15) is 0 Å². The number of hydrogen-bond acceptors (Lipinski definition) is 5. The third-order valence-corrected chi connectivity index (χ3v) is 6.50. The molecule has 0 spiro atoms. The highest BCUT2D eigenvalue weighted by atomic mass is 16.5. The van der Waals surface area contributed by atoms with Crippen LogP contribution in [0.4, 0.5) is 5.69 Å². The normalized spacial score (nSPS) is 11.4. The van der Waals surface area contributed by atoms with E-state index in [-0.39, 0.29) is 17.6 Å². The summed E-state index contributed by atoms with van der Waals surface area (Å²) in [4.78, 5) is 26.9. The van der Waals surface area contributed by atoms with Gasteiger partial charge in [-0.15, -0.1) is 0 Å². The molecule has 0 atom stereocenters. The number of benzene rings is 2. The maximum atomic E-state index is 12.6. The summed E-state index contributed by atoms with van der Waals surface area (Å²) in [5, 5.41) is 16.2. The van der Waals surface area contributed by atoms with Crippen molar-refractivity contribution in [2.24, 2.45) is 5.92 Å². The van der Waals surface area contributed by atoms with Gasteiger partial charge in [0.15, 0.2) is 11.5 Å². The summed E-state index contributed by atoms with van der Waals surface area (Å²) in [7, 11) is 0. The predicted molar refractivity (Wildman–Crippen MR) is 159 cm³/mol. The Balaban J connectivity index is 1.72. The van der Waals surface area contributed by atoms with Crippen LogP contribution in [0.1, 0.15) is 69.6 Å². The Kier molecular flexibility index (Phi) is 14.2. The van der Waals surface area contributed by atoms with E-state index in [1.807, 2.05) is 39.0 Å². The molecule has 214 valence electrons. The van der Waals surface area contributed by atoms with Crippen LogP contribution >= 0.6 is 0 Å². The van der Waals surface area contributed by atoms with E-state index in [0.717, 1.165) is 48.2 Å². The van der Waals surface area contributed by atoms with E-state index in [1.165, 1.54) is 0 Å². The van der Waals surface area contributed by atoms with E-state index >= 15 is 0 Å². The summed E-state index contributed by atoms with van der Waals surface area (Å²) in [5.41, 5.74) is 3.84. The highest BCUT2D eigenvalue weighted by Crippen LogP contribution is 2.27. The maximum absolute atomic E-state index is 12.6. The number of unbranched alkanes of at least 4 members (excludes halogenated alkanes) is 2. The lowest BCUT2D eigenvalue weighted by Gasteiger charge is -2.21. The standard InChI is InChI=1S/C32H47N3O4/c1-6-35(23-31(38)34-32-25(4)14-11-15-26(32)5)19-12-20-39-29-21-27(17-18-28(29)36)22-33-30(37)16-10-8-7-9-13-24(2)3/h9,11,13-15,17-18,21,24,36H,6-8,10,12,16,19-20,22-23H2,1-5H3,(H,33,37)(H,34,38)/b13-9+. The number of allylic oxidation sites excluding steroid dienone is 2. The van der Waals surface area contributed by atoms with Crippen LogP contribution in [0.2, 0.25) is 0 Å². The van der Waals surface area contributed by atoms with E-state index in [9.17, 15) is 14.7 Å². The molecular weight excluding hydrogens is 490 g/mol. The smallest absolute Gasteiger partial charge is 0.238 e. The second kappa shape index (κ2) is 17.3. The van der Waals surface area contributed by atoms with Crippen LogP contribution in [0, 0.1) is 19.8 Å². The van der Waals surface area contributed by atoms with Gasteiger partial charge >= 0.3 is 0 Å². The number of phenols is 1. The van der Waals surface area contributed by atoms with Crippen LogP contribution in [-0.4, -0.2) is 48.1 Å². The first kappa shape index (κ1) is 31.9. The van der Waals surface area contributed by atoms with Crippen LogP contribution in [0.3, 0.4) is 0 Å². The number of ether oxygens (including phenoxy) is 1. The van der Waals surface area contributed by atoms with Gasteiger partial charge < -0.3 is 20.5 Å². The second-order valence-electron chi connectivity index (χ2n) is 10.4. The van der Waals surface area contributed by atoms with Crippen molar-refractivity contribution in [3.05, 3.63) is 65.2 Å². The Labute approximate surface area is 234 Å². The molecule has 3 N–H and O–H groups in total. The summed E-state index contributed by atoms with van der Waals surface area (Å²) >= 11 is 0. The SMILES string of the molecule is CCN(CCCOc1cc(CNC(=O)CCCC/C=C/C(C)C)ccc1O)CC(=O)Nc1c(C)cccc1C. The number of para-hydroxylation sites is 1. The molecule has 2 aromatic carbocycles. The van der Waals surface area contributed by atoms with Gasteiger partial charge in [0.25, 0.3) is 0 Å². The Hall–Kier alpha value is -3.32. The number of carbonyl (C=O) groups excluding carboxylic acids is 2. The van der Waals surface area contributed by atoms with Gasteiger partial charge in [0.1, 0.15) is 0 Å². The number of anilines is 1. The lowest BCUT2D eigenvalue weighted by Crippen LogP contribution is -2.34. The average molecular weight is 538 g/mol. The van der Waals surface area contributed by atoms with Crippen LogP contribution in [0.15, 0.2) is 48.6 Å². The minimum atomic E-state index is -0.0366. The highest BCUT2D eigenvalue weighted by Gasteiger charge is 2.12. The summed E-state index contributed by atoms with van der Waals surface area (Å²) in [6, 6.07) is 11.1. The van der Waals surface area contributed by atoms with Gasteiger partial charge in [-0.05, 0) is 80.8 Å². The van der Waals surface area contributed by atoms with Crippen molar-refractivity contribution in [3.63, 3.8) is 0 Å². The number of nitrogens with zero attached hydrogens (tertiary/aromatic N) is 1. The fourth-order valence-electron chi connectivity index (χ4n) is 4.20. The summed E-state index contributed by atoms with van der Waals surface area (Å²) in [6.45, 7) is 12.9. The van der Waals surface area contributed by atoms with E-state index in [2.05, 4.69) is 41.5 Å². The fraction of sp³-hybridized carbons (Fsp3) is 0.500. The lowest BCUT2D eigenvalue weighted by atomic mass is 10.1. The van der Waals surface area contributed by atoms with Gasteiger partial charge in [0.2, 0.25) is 11.8 Å². The lowest BCUT2D eigenvalue weighted by molar-refractivity contribution is -0.121. The van der Waals surface area contributed by atoms with Crippen molar-refractivity contribution in [1.29, 1.82) is 0 Å². The van der Waals surface area contributed by atoms with Crippen LogP contribution in [-0.2, 0) is 16.1 Å². The monoisotopic (exact) mass is 537 g/mol. The fourth-order valence-corrected chi connectivity index (χ4v) is 4.20. The number of amides is 2. The first-order valence-corrected chi connectivity index (χ1v) is 14.2. The topological polar surface area (TPSA) is 90.9 Å². The molecule has 0 saturated carbocycles. The van der Waals surface area contributed by atoms with Crippen molar-refractivity contribution in [3.8, 4) is 11.5 Å². The van der Waals surface area contributed by atoms with Crippen molar-refractivity contribution in [2.75, 3.05) is 31.6 Å². The zero-order chi connectivity index (χ0) is 28.6. The van der Waals surface area contributed by atoms with Gasteiger partial charge in [-0.3, -0.25) is 14.5 Å². The van der Waals surface area contributed by atoms with Crippen LogP contribution in [0.25, 0.3) is 0 Å². The molecule has 0 aliphatic heterocycles. The van der Waals surface area contributed by atoms with E-state index in [1.54, 1.807) is 18.2 Å². The molecule has 0 aliphatic carbocycles. The zero-order valence-electron chi connectivity index (χ0n) is 24.4. The van der Waals surface area contributed by atoms with Crippen molar-refractivity contribution in [1.82, 2.24) is 10.2 Å². The number of hydrogen-bond donors (Lipinski definition) is 3. The molecule has 2 amide bonds. The quantitative estimate of drug-likeness (QED) is 0.167. The number of rotatable bonds is 17. The molecule has 0 bridgehead atoms. The molecular formula is C32H47N3O4. The molecule has 2 rings (SSSR count). The van der Waals surface area contributed by atoms with Crippen LogP contribution in [0.5, 0.6) is 11.5 Å². The molecule has 7 nitrogen and oxygen atoms in total. The number of aromatic hydroxyl groups is 1. The van der Waals surface area contributed by atoms with Crippen molar-refractivity contribution >= 4 is 17.5 Å². The first-order chi connectivity index (χ1) is 18.7. The number of likely N-dealkylation sites (N-methyl/N-ethyl adjacent to an activating group) is 1. The number of phenolic OH excluding ortho intramolecular Hbond substituents is 1. The van der Waals surface area contributed by atoms with Gasteiger partial charge in [0.05, 0.1) is 13.2 Å². The van der Waals surface area contributed by atoms with Gasteiger partial charge in [-0.1, -0.05) is 57.2 Å². The highest BCUT2D eigenvalue weighted by molar-refractivity contribution is 5.93. The summed E-state index contributed by atoms with van der Waals surface area (Å²) in [6.07, 6.45) is 8.45. The maximum Gasteiger partial charge on any atom is 0.238 e. The molecule has 0 fully saturated rings. The number of nitrogens with one attached hydrogen (secondary N) is 2. The van der Waals surface area contributed by atoms with E-state index in [4.69, 9.17) is 4.74 Å². The minimum absolute atomic E-state index is 0.0275. The molecule has 2 aromatic rings. The second-order valence-corrected chi connectivity index (χ2v) is 10.4. The Bertz CT molecular complexity index is 1060. The molecule has 7 heteroatoms. The van der Waals surface area contributed by atoms with Gasteiger partial charge in [0, 0.05) is 25.2 Å². The summed E-state index contributed by atoms with van der Waals surface area (Å²) in [5.74, 6) is 1.02. The first-order valence-electron chi connectivity index (χ1n) is 14.2. The molecule has 0 aromatic heterocycles. The largest absolute Gasteiger partial charge is 0.504 e. The molecule has 39 heavy (non-hydrogen) atoms. The zero-order valence-corrected chi connectivity index (χ0v) is 24.4. The van der Waals surface area contributed by atoms with Crippen molar-refractivity contribution < 1.29 is 19.4 Å². The molecule has 0 radical (unpaired) electrons. The van der Waals surface area contributed by atoms with Gasteiger partial charge in [-0.25, -0.2) is 0 Å². The molecule has 0 unspecified atom stereocenters. The third-order valence-electron chi connectivity index (χ3n) is 6.50. The van der Waals surface area contributed by atoms with E-state index < -0.39 is 0 Å². The Morgan fingerprint density at radius 2 is 1.79 bits per heavy atom.